The summed E-state index contributed by atoms with van der Waals surface area (Å²) in [6.07, 6.45) is 23.6. The molecule has 3 amide bonds. The Morgan fingerprint density at radius 2 is 0.894 bits per heavy atom. The topological polar surface area (TPSA) is 250 Å². The Labute approximate surface area is 562 Å². The zero-order valence-corrected chi connectivity index (χ0v) is 61.2. The Hall–Kier alpha value is -2.90. The molecule has 5 fully saturated rings. The second-order valence-electron chi connectivity index (χ2n) is 23.7. The summed E-state index contributed by atoms with van der Waals surface area (Å²) in [4.78, 5) is 42.6. The van der Waals surface area contributed by atoms with Crippen molar-refractivity contribution in [1.29, 1.82) is 0 Å². The van der Waals surface area contributed by atoms with Gasteiger partial charge in [0.2, 0.25) is 0 Å². The molecule has 0 atom stereocenters. The van der Waals surface area contributed by atoms with Crippen molar-refractivity contribution in [2.45, 2.75) is 174 Å². The molecule has 85 heavy (non-hydrogen) atoms. The number of piperidine rings is 5. The van der Waals surface area contributed by atoms with Crippen LogP contribution in [-0.2, 0) is 28.5 Å². The molecule has 0 aromatic carbocycles. The van der Waals surface area contributed by atoms with Gasteiger partial charge in [0.15, 0.2) is 0 Å². The molecule has 9 heterocycles. The van der Waals surface area contributed by atoms with Crippen molar-refractivity contribution in [3.05, 3.63) is 80.6 Å². The summed E-state index contributed by atoms with van der Waals surface area (Å²) >= 11 is 13.4. The van der Waals surface area contributed by atoms with E-state index < -0.39 is 26.9 Å². The second-order valence-corrected chi connectivity index (χ2v) is 29.0. The van der Waals surface area contributed by atoms with Gasteiger partial charge in [-0.1, -0.05) is 0 Å². The third-order valence-corrected chi connectivity index (χ3v) is 15.2. The van der Waals surface area contributed by atoms with Crippen LogP contribution in [0.1, 0.15) is 146 Å². The maximum Gasteiger partial charge on any atom is 1.00 e. The molecule has 478 valence electrons. The van der Waals surface area contributed by atoms with Gasteiger partial charge in [-0.3, -0.25) is 23.3 Å². The summed E-state index contributed by atoms with van der Waals surface area (Å²) in [5.74, 6) is 0. The van der Waals surface area contributed by atoms with Crippen LogP contribution in [0.25, 0.3) is 0 Å². The van der Waals surface area contributed by atoms with Gasteiger partial charge in [-0.25, -0.2) is 14.4 Å². The largest absolute Gasteiger partial charge is 1.00 e. The molecule has 5 aliphatic heterocycles. The zero-order valence-electron chi connectivity index (χ0n) is 53.0. The van der Waals surface area contributed by atoms with Crippen LogP contribution >= 0.6 is 63.7 Å². The molecular weight excluding hydrogens is 1390 g/mol. The van der Waals surface area contributed by atoms with Gasteiger partial charge in [0, 0.05) is 64.1 Å². The van der Waals surface area contributed by atoms with Gasteiger partial charge < -0.3 is 45.7 Å². The molecule has 0 aliphatic carbocycles. The van der Waals surface area contributed by atoms with Crippen molar-refractivity contribution in [1.82, 2.24) is 64.5 Å². The minimum Gasteiger partial charge on any atom is -1.00 e. The third-order valence-electron chi connectivity index (χ3n) is 12.9. The molecule has 5 aliphatic rings. The first-order valence-corrected chi connectivity index (χ1v) is 33.4. The van der Waals surface area contributed by atoms with E-state index in [9.17, 15) is 27.9 Å². The first-order valence-electron chi connectivity index (χ1n) is 28.4. The van der Waals surface area contributed by atoms with Crippen molar-refractivity contribution < 1.29 is 77.3 Å². The van der Waals surface area contributed by atoms with Gasteiger partial charge in [0.1, 0.15) is 16.8 Å². The average molecular weight is 1480 g/mol. The number of nitrogens with zero attached hydrogens (tertiary/aromatic N) is 11. The van der Waals surface area contributed by atoms with E-state index in [2.05, 4.69) is 141 Å². The fraction of sp³-hybridized carbons (Fsp3) is 0.696. The Kier molecular flexibility index (Phi) is 35.5. The third kappa shape index (κ3) is 33.5. The Balaban J connectivity index is 0.000000521. The van der Waals surface area contributed by atoms with Crippen molar-refractivity contribution >= 4 is 92.1 Å². The molecule has 23 nitrogen and oxygen atoms in total. The van der Waals surface area contributed by atoms with Crippen LogP contribution in [0.15, 0.2) is 80.6 Å². The maximum absolute atomic E-state index is 11.9. The number of likely N-dealkylation sites (tertiary alicyclic amines) is 4. The maximum atomic E-state index is 11.9. The van der Waals surface area contributed by atoms with Crippen molar-refractivity contribution in [3.8, 4) is 0 Å². The Morgan fingerprint density at radius 1 is 0.565 bits per heavy atom. The van der Waals surface area contributed by atoms with Crippen molar-refractivity contribution in [3.63, 3.8) is 0 Å². The van der Waals surface area contributed by atoms with Gasteiger partial charge in [0.05, 0.1) is 79.3 Å². The molecule has 0 spiro atoms. The molecule has 5 saturated heterocycles. The normalized spacial score (nSPS) is 17.8. The predicted molar refractivity (Wildman–Crippen MR) is 341 cm³/mol. The van der Waals surface area contributed by atoms with Gasteiger partial charge in [0.25, 0.3) is 10.1 Å². The van der Waals surface area contributed by atoms with Crippen LogP contribution in [0.5, 0.6) is 0 Å². The number of aliphatic hydroxyl groups excluding tert-OH is 1. The van der Waals surface area contributed by atoms with E-state index in [-0.39, 0.29) is 61.5 Å². The number of ether oxygens (including phenoxy) is 3. The van der Waals surface area contributed by atoms with E-state index in [4.69, 9.17) is 18.4 Å². The Morgan fingerprint density at radius 3 is 1.18 bits per heavy atom. The SMILES string of the molecule is Brc1cn[nH]c1.Brc1cnn(C2CCNCC2)c1.C=C.CC(C)(C)OC(=O)N1CCC(O)CC1.CC(C)(C)OC(=O)N1CCC(OS(C)(=O)=O)CC1.CC(C)(C)OC(=O)N1CCC(n2cc(Br)cn2)CC1.CN1CCC(n2cc(Br)cn2)CC1.[H-].[Na+]. The fourth-order valence-corrected chi connectivity index (χ4v) is 10.6. The number of hydrogen-bond donors (Lipinski definition) is 3. The zero-order chi connectivity index (χ0) is 62.8. The summed E-state index contributed by atoms with van der Waals surface area (Å²) < 4.78 is 52.9. The number of amides is 3. The number of H-pyrrole nitrogens is 1. The van der Waals surface area contributed by atoms with E-state index in [0.29, 0.717) is 70.0 Å². The van der Waals surface area contributed by atoms with E-state index >= 15 is 0 Å². The minimum absolute atomic E-state index is 0. The number of carbonyl (C=O) groups is 3. The van der Waals surface area contributed by atoms with Crippen LogP contribution < -0.4 is 34.9 Å². The molecular formula is C56H94Br4N13NaO10S. The molecule has 29 heteroatoms. The molecule has 0 unspecified atom stereocenters. The van der Waals surface area contributed by atoms with Gasteiger partial charge in [-0.15, -0.1) is 13.2 Å². The molecule has 0 saturated carbocycles. The number of halogens is 4. The summed E-state index contributed by atoms with van der Waals surface area (Å²) in [7, 11) is -1.25. The van der Waals surface area contributed by atoms with Crippen LogP contribution in [0.2, 0.25) is 0 Å². The van der Waals surface area contributed by atoms with Crippen molar-refractivity contribution in [2.24, 2.45) is 0 Å². The van der Waals surface area contributed by atoms with E-state index in [1.165, 1.54) is 38.8 Å². The van der Waals surface area contributed by atoms with Crippen LogP contribution in [0.3, 0.4) is 0 Å². The van der Waals surface area contributed by atoms with Crippen LogP contribution in [0, 0.1) is 0 Å². The minimum atomic E-state index is -3.42. The molecule has 0 bridgehead atoms. The molecule has 3 N–H and O–H groups in total. The number of aromatic nitrogens is 8. The van der Waals surface area contributed by atoms with Crippen LogP contribution in [0.4, 0.5) is 14.4 Å². The smallest absolute Gasteiger partial charge is 1.00 e. The molecule has 0 radical (unpaired) electrons. The van der Waals surface area contributed by atoms with Crippen molar-refractivity contribution in [2.75, 3.05) is 78.8 Å². The van der Waals surface area contributed by atoms with Gasteiger partial charge >= 0.3 is 47.8 Å². The first kappa shape index (κ1) is 78.2. The first-order chi connectivity index (χ1) is 39.3. The summed E-state index contributed by atoms with van der Waals surface area (Å²) in [5.41, 5.74) is -1.38. The summed E-state index contributed by atoms with van der Waals surface area (Å²) in [5, 5.41) is 31.8. The molecule has 4 aromatic heterocycles. The van der Waals surface area contributed by atoms with Gasteiger partial charge in [-0.2, -0.15) is 28.8 Å². The number of aliphatic hydroxyl groups is 1. The summed E-state index contributed by atoms with van der Waals surface area (Å²) in [6, 6.07) is 1.56. The van der Waals surface area contributed by atoms with Gasteiger partial charge in [-0.05, 0) is 223 Å². The molecule has 4 aromatic rings. The number of hydrogen-bond acceptors (Lipinski definition) is 16. The van der Waals surface area contributed by atoms with E-state index in [0.717, 1.165) is 63.2 Å². The quantitative estimate of drug-likeness (QED) is 0.0733. The van der Waals surface area contributed by atoms with Crippen LogP contribution in [-0.4, -0.2) is 199 Å². The summed E-state index contributed by atoms with van der Waals surface area (Å²) in [6.45, 7) is 30.8. The Bertz CT molecular complexity index is 2620. The molecule has 9 rings (SSSR count). The predicted octanol–water partition coefficient (Wildman–Crippen LogP) is 8.53. The average Bonchev–Trinajstić information content (AvgIpc) is 4.30. The number of carbonyl (C=O) groups excluding carboxylic acids is 3. The van der Waals surface area contributed by atoms with E-state index in [1.807, 2.05) is 85.6 Å². The monoisotopic (exact) mass is 1480 g/mol. The van der Waals surface area contributed by atoms with E-state index in [1.54, 1.807) is 33.3 Å². The number of nitrogens with one attached hydrogen (secondary N) is 2. The number of rotatable bonds is 5. The second kappa shape index (κ2) is 38.6. The standard InChI is InChI=1S/C13H20BrN3O2.C11H21NO5S.C10H19NO3.C9H14BrN3.C8H12BrN3.C3H3BrN2.C2H4.Na.H/c1-13(2,3)19-12(18)16-6-4-11(5-7-16)17-9-10(14)8-15-17;1-11(2,3)16-10(13)12-7-5-9(6-8-12)17-18(4,14)15;1-10(2,3)14-9(13)11-6-4-8(12)5-7-11;1-12-4-2-9(3-5-12)13-7-8(10)6-11-13;9-7-5-11-12(6-7)8-1-3-10-4-2-8;4-3-1-5-6-2-3;1-2;;/h8-9,11H,4-7H2,1-3H3;9H,5-8H2,1-4H3;8,12H,4-7H2,1-3H3;6-7,9H,2-5H2,1H3;5-6,8,10H,1-4H2;1-2H,(H,5,6);1-2H2;;/q;;;;;;;+1;-1. The number of aromatic amines is 1. The fourth-order valence-electron chi connectivity index (χ4n) is 8.83.